The molecule has 3 amide bonds. The minimum Gasteiger partial charge on any atom is -0.449 e. The fraction of sp³-hybridized carbons (Fsp3) is 0.368. The molecule has 0 bridgehead atoms. The van der Waals surface area contributed by atoms with Crippen LogP contribution in [0.15, 0.2) is 30.3 Å². The highest BCUT2D eigenvalue weighted by atomic mass is 16.5. The topological polar surface area (TPSA) is 108 Å². The molecular formula is C19H21N3O4. The zero-order valence-corrected chi connectivity index (χ0v) is 14.5. The monoisotopic (exact) mass is 355 g/mol. The van der Waals surface area contributed by atoms with E-state index >= 15 is 0 Å². The lowest BCUT2D eigenvalue weighted by atomic mass is 10.1. The molecule has 136 valence electrons. The Balaban J connectivity index is 1.77. The summed E-state index contributed by atoms with van der Waals surface area (Å²) >= 11 is 0. The standard InChI is InChI=1S/C19H21N3O4/c1-13(18(24)22-19(25)21-16-4-2-3-5-16)26-17(23)11-10-14-6-8-15(12-20)9-7-14/h6-11,13,16H,2-5H2,1H3,(H2,21,22,24,25)/b11-10+/t13-/m0/s1. The van der Waals surface area contributed by atoms with Gasteiger partial charge < -0.3 is 10.1 Å². The summed E-state index contributed by atoms with van der Waals surface area (Å²) in [6, 6.07) is 8.16. The second kappa shape index (κ2) is 9.37. The van der Waals surface area contributed by atoms with Gasteiger partial charge in [-0.05, 0) is 43.5 Å². The van der Waals surface area contributed by atoms with Gasteiger partial charge in [-0.15, -0.1) is 0 Å². The smallest absolute Gasteiger partial charge is 0.331 e. The maximum Gasteiger partial charge on any atom is 0.331 e. The lowest BCUT2D eigenvalue weighted by molar-refractivity contribution is -0.149. The van der Waals surface area contributed by atoms with Crippen molar-refractivity contribution in [3.63, 3.8) is 0 Å². The molecule has 7 heteroatoms. The van der Waals surface area contributed by atoms with Crippen LogP contribution in [0.5, 0.6) is 0 Å². The van der Waals surface area contributed by atoms with Crippen molar-refractivity contribution in [2.45, 2.75) is 44.8 Å². The van der Waals surface area contributed by atoms with Gasteiger partial charge in [0.05, 0.1) is 11.6 Å². The van der Waals surface area contributed by atoms with Gasteiger partial charge in [-0.3, -0.25) is 10.1 Å². The zero-order chi connectivity index (χ0) is 18.9. The highest BCUT2D eigenvalue weighted by Gasteiger charge is 2.22. The van der Waals surface area contributed by atoms with E-state index in [1.807, 2.05) is 6.07 Å². The third-order valence-electron chi connectivity index (χ3n) is 4.04. The molecule has 0 unspecified atom stereocenters. The van der Waals surface area contributed by atoms with Crippen LogP contribution in [0.1, 0.15) is 43.7 Å². The molecule has 2 N–H and O–H groups in total. The van der Waals surface area contributed by atoms with E-state index in [2.05, 4.69) is 10.6 Å². The summed E-state index contributed by atoms with van der Waals surface area (Å²) in [5, 5.41) is 13.6. The number of imide groups is 1. The second-order valence-corrected chi connectivity index (χ2v) is 6.09. The zero-order valence-electron chi connectivity index (χ0n) is 14.5. The Bertz CT molecular complexity index is 728. The maximum absolute atomic E-state index is 11.9. The van der Waals surface area contributed by atoms with Crippen LogP contribution in [0.4, 0.5) is 4.79 Å². The Morgan fingerprint density at radius 2 is 1.88 bits per heavy atom. The van der Waals surface area contributed by atoms with Gasteiger partial charge >= 0.3 is 12.0 Å². The summed E-state index contributed by atoms with van der Waals surface area (Å²) < 4.78 is 4.98. The highest BCUT2D eigenvalue weighted by molar-refractivity contribution is 5.98. The molecule has 0 aliphatic heterocycles. The van der Waals surface area contributed by atoms with E-state index in [0.717, 1.165) is 25.7 Å². The van der Waals surface area contributed by atoms with Crippen molar-refractivity contribution in [2.75, 3.05) is 0 Å². The molecule has 1 aliphatic carbocycles. The average molecular weight is 355 g/mol. The van der Waals surface area contributed by atoms with Crippen LogP contribution >= 0.6 is 0 Å². The number of hydrogen-bond donors (Lipinski definition) is 2. The molecule has 1 aliphatic rings. The highest BCUT2D eigenvalue weighted by Crippen LogP contribution is 2.17. The quantitative estimate of drug-likeness (QED) is 0.622. The Labute approximate surface area is 152 Å². The van der Waals surface area contributed by atoms with Crippen LogP contribution < -0.4 is 10.6 Å². The van der Waals surface area contributed by atoms with E-state index in [0.29, 0.717) is 11.1 Å². The summed E-state index contributed by atoms with van der Waals surface area (Å²) in [6.45, 7) is 1.39. The molecule has 1 aromatic rings. The summed E-state index contributed by atoms with van der Waals surface area (Å²) in [5.74, 6) is -1.38. The van der Waals surface area contributed by atoms with E-state index in [1.54, 1.807) is 24.3 Å². The molecule has 1 atom stereocenters. The maximum atomic E-state index is 11.9. The number of ether oxygens (including phenoxy) is 1. The molecule has 1 fully saturated rings. The molecule has 0 spiro atoms. The van der Waals surface area contributed by atoms with Crippen LogP contribution in [0, 0.1) is 11.3 Å². The lowest BCUT2D eigenvalue weighted by Gasteiger charge is -2.15. The first kappa shape index (κ1) is 19.2. The second-order valence-electron chi connectivity index (χ2n) is 6.09. The summed E-state index contributed by atoms with van der Waals surface area (Å²) in [5.41, 5.74) is 1.24. The summed E-state index contributed by atoms with van der Waals surface area (Å²) in [6.07, 6.45) is 5.56. The number of nitrogens with one attached hydrogen (secondary N) is 2. The first-order valence-electron chi connectivity index (χ1n) is 8.48. The van der Waals surface area contributed by atoms with Crippen LogP contribution in [-0.2, 0) is 14.3 Å². The van der Waals surface area contributed by atoms with Gasteiger partial charge in [-0.2, -0.15) is 5.26 Å². The van der Waals surface area contributed by atoms with Crippen molar-refractivity contribution in [1.29, 1.82) is 5.26 Å². The number of rotatable bonds is 5. The van der Waals surface area contributed by atoms with E-state index in [4.69, 9.17) is 10.00 Å². The number of nitrogens with zero attached hydrogens (tertiary/aromatic N) is 1. The lowest BCUT2D eigenvalue weighted by Crippen LogP contribution is -2.47. The van der Waals surface area contributed by atoms with Gasteiger partial charge in [0.1, 0.15) is 0 Å². The normalized spacial score (nSPS) is 15.2. The van der Waals surface area contributed by atoms with Crippen LogP contribution in [0.2, 0.25) is 0 Å². The molecule has 0 heterocycles. The fourth-order valence-electron chi connectivity index (χ4n) is 2.61. The Kier molecular flexibility index (Phi) is 6.92. The van der Waals surface area contributed by atoms with E-state index in [1.165, 1.54) is 19.1 Å². The molecule has 0 saturated heterocycles. The van der Waals surface area contributed by atoms with Crippen molar-refractivity contribution in [3.8, 4) is 6.07 Å². The van der Waals surface area contributed by atoms with Crippen molar-refractivity contribution in [2.24, 2.45) is 0 Å². The van der Waals surface area contributed by atoms with Gasteiger partial charge in [-0.1, -0.05) is 25.0 Å². The van der Waals surface area contributed by atoms with Crippen molar-refractivity contribution >= 4 is 24.0 Å². The largest absolute Gasteiger partial charge is 0.449 e. The van der Waals surface area contributed by atoms with Gasteiger partial charge in [0.25, 0.3) is 5.91 Å². The van der Waals surface area contributed by atoms with E-state index in [-0.39, 0.29) is 6.04 Å². The van der Waals surface area contributed by atoms with E-state index in [9.17, 15) is 14.4 Å². The van der Waals surface area contributed by atoms with Gasteiger partial charge in [0.15, 0.2) is 6.10 Å². The Hall–Kier alpha value is -3.14. The number of benzene rings is 1. The number of nitriles is 1. The minimum atomic E-state index is -1.09. The molecule has 0 radical (unpaired) electrons. The molecule has 0 aromatic heterocycles. The molecule has 1 saturated carbocycles. The van der Waals surface area contributed by atoms with Crippen LogP contribution in [0.3, 0.4) is 0 Å². The number of carbonyl (C=O) groups excluding carboxylic acids is 3. The number of esters is 1. The average Bonchev–Trinajstić information content (AvgIpc) is 3.13. The van der Waals surface area contributed by atoms with Gasteiger partial charge in [0.2, 0.25) is 0 Å². The Morgan fingerprint density at radius 1 is 1.23 bits per heavy atom. The molecule has 1 aromatic carbocycles. The molecule has 2 rings (SSSR count). The van der Waals surface area contributed by atoms with E-state index < -0.39 is 24.0 Å². The summed E-state index contributed by atoms with van der Waals surface area (Å²) in [4.78, 5) is 35.4. The van der Waals surface area contributed by atoms with Crippen molar-refractivity contribution in [3.05, 3.63) is 41.5 Å². The van der Waals surface area contributed by atoms with Gasteiger partial charge in [0, 0.05) is 12.1 Å². The first-order chi connectivity index (χ1) is 12.5. The predicted octanol–water partition coefficient (Wildman–Crippen LogP) is 2.27. The first-order valence-corrected chi connectivity index (χ1v) is 8.48. The number of hydrogen-bond acceptors (Lipinski definition) is 5. The van der Waals surface area contributed by atoms with Crippen LogP contribution in [-0.4, -0.2) is 30.1 Å². The third-order valence-corrected chi connectivity index (χ3v) is 4.04. The molecule has 7 nitrogen and oxygen atoms in total. The number of amides is 3. The van der Waals surface area contributed by atoms with Crippen molar-refractivity contribution in [1.82, 2.24) is 10.6 Å². The number of urea groups is 1. The molecular weight excluding hydrogens is 334 g/mol. The number of carbonyl (C=O) groups is 3. The Morgan fingerprint density at radius 3 is 2.50 bits per heavy atom. The van der Waals surface area contributed by atoms with Crippen LogP contribution in [0.25, 0.3) is 6.08 Å². The molecule has 26 heavy (non-hydrogen) atoms. The fourth-order valence-corrected chi connectivity index (χ4v) is 2.61. The summed E-state index contributed by atoms with van der Waals surface area (Å²) in [7, 11) is 0. The SMILES string of the molecule is C[C@H](OC(=O)/C=C/c1ccc(C#N)cc1)C(=O)NC(=O)NC1CCCC1. The third kappa shape index (κ3) is 6.06. The van der Waals surface area contributed by atoms with Gasteiger partial charge in [-0.25, -0.2) is 9.59 Å². The minimum absolute atomic E-state index is 0.0935. The predicted molar refractivity (Wildman–Crippen MR) is 94.7 cm³/mol. The van der Waals surface area contributed by atoms with Crippen molar-refractivity contribution < 1.29 is 19.1 Å².